The van der Waals surface area contributed by atoms with E-state index in [0.717, 1.165) is 11.1 Å². The van der Waals surface area contributed by atoms with Gasteiger partial charge in [-0.2, -0.15) is 4.68 Å². The van der Waals surface area contributed by atoms with E-state index in [-0.39, 0.29) is 11.3 Å². The number of para-hydroxylation sites is 1. The number of benzene rings is 3. The summed E-state index contributed by atoms with van der Waals surface area (Å²) in [6.45, 7) is 3.90. The number of hydrogen-bond acceptors (Lipinski definition) is 6. The lowest BCUT2D eigenvalue weighted by Gasteiger charge is -2.19. The Labute approximate surface area is 179 Å². The monoisotopic (exact) mass is 412 g/mol. The van der Waals surface area contributed by atoms with Crippen LogP contribution in [0.1, 0.15) is 43.5 Å². The quantitative estimate of drug-likeness (QED) is 0.351. The molecule has 0 unspecified atom stereocenters. The van der Waals surface area contributed by atoms with Gasteiger partial charge in [0.25, 0.3) is 0 Å². The Hall–Kier alpha value is -4.13. The van der Waals surface area contributed by atoms with E-state index in [2.05, 4.69) is 15.5 Å². The summed E-state index contributed by atoms with van der Waals surface area (Å²) < 4.78 is 7.15. The van der Waals surface area contributed by atoms with Gasteiger partial charge in [0.05, 0.1) is 11.3 Å². The highest BCUT2D eigenvalue weighted by atomic mass is 16.5. The van der Waals surface area contributed by atoms with Crippen molar-refractivity contribution in [3.05, 3.63) is 107 Å². The molecular weight excluding hydrogens is 392 g/mol. The fourth-order valence-corrected chi connectivity index (χ4v) is 3.17. The van der Waals surface area contributed by atoms with Crippen LogP contribution in [0.3, 0.4) is 0 Å². The van der Waals surface area contributed by atoms with E-state index in [9.17, 15) is 9.59 Å². The number of Topliss-reactive ketones (excluding diaryl/α,β-unsaturated/α-hetero) is 1. The van der Waals surface area contributed by atoms with E-state index < -0.39 is 12.1 Å². The summed E-state index contributed by atoms with van der Waals surface area (Å²) in [7, 11) is 0. The molecule has 0 aliphatic heterocycles. The maximum absolute atomic E-state index is 13.3. The molecule has 0 saturated heterocycles. The molecule has 1 aromatic heterocycles. The fraction of sp³-hybridized carbons (Fsp3) is 0.125. The smallest absolute Gasteiger partial charge is 0.341 e. The van der Waals surface area contributed by atoms with Crippen LogP contribution in [0.25, 0.3) is 5.69 Å². The molecule has 31 heavy (non-hydrogen) atoms. The van der Waals surface area contributed by atoms with E-state index >= 15 is 0 Å². The van der Waals surface area contributed by atoms with E-state index in [1.54, 1.807) is 48.5 Å². The Morgan fingerprint density at radius 3 is 2.16 bits per heavy atom. The number of tetrazole rings is 1. The summed E-state index contributed by atoms with van der Waals surface area (Å²) in [4.78, 5) is 26.5. The first-order valence-corrected chi connectivity index (χ1v) is 9.74. The second kappa shape index (κ2) is 8.71. The SMILES string of the molecule is Cc1ccc(C(=O)[C@@H](OC(=O)c2ccccc2-n2cnnn2)c2ccc(C)cc2)cc1. The highest BCUT2D eigenvalue weighted by Gasteiger charge is 2.28. The Morgan fingerprint density at radius 2 is 1.52 bits per heavy atom. The van der Waals surface area contributed by atoms with Crippen molar-refractivity contribution >= 4 is 11.8 Å². The average Bonchev–Trinajstić information content (AvgIpc) is 3.33. The zero-order valence-electron chi connectivity index (χ0n) is 17.1. The van der Waals surface area contributed by atoms with E-state index in [4.69, 9.17) is 4.74 Å². The summed E-state index contributed by atoms with van der Waals surface area (Å²) in [5, 5.41) is 11.1. The Morgan fingerprint density at radius 1 is 0.871 bits per heavy atom. The van der Waals surface area contributed by atoms with Gasteiger partial charge in [-0.15, -0.1) is 5.10 Å². The number of nitrogens with zero attached hydrogens (tertiary/aromatic N) is 4. The van der Waals surface area contributed by atoms with Crippen LogP contribution in [0.2, 0.25) is 0 Å². The van der Waals surface area contributed by atoms with Gasteiger partial charge in [-0.05, 0) is 36.4 Å². The largest absolute Gasteiger partial charge is 0.445 e. The lowest BCUT2D eigenvalue weighted by Crippen LogP contribution is -2.21. The van der Waals surface area contributed by atoms with Crippen LogP contribution in [0.4, 0.5) is 0 Å². The Kier molecular flexibility index (Phi) is 5.66. The van der Waals surface area contributed by atoms with Crippen LogP contribution in [0.15, 0.2) is 79.1 Å². The zero-order chi connectivity index (χ0) is 21.8. The van der Waals surface area contributed by atoms with Crippen molar-refractivity contribution in [3.63, 3.8) is 0 Å². The number of aryl methyl sites for hydroxylation is 2. The highest BCUT2D eigenvalue weighted by molar-refractivity contribution is 6.02. The van der Waals surface area contributed by atoms with Gasteiger partial charge in [-0.1, -0.05) is 71.8 Å². The predicted molar refractivity (Wildman–Crippen MR) is 114 cm³/mol. The van der Waals surface area contributed by atoms with Gasteiger partial charge in [0, 0.05) is 11.1 Å². The molecule has 0 aliphatic rings. The minimum Gasteiger partial charge on any atom is -0.445 e. The number of hydrogen-bond donors (Lipinski definition) is 0. The topological polar surface area (TPSA) is 87.0 Å². The Bertz CT molecular complexity index is 1200. The molecule has 0 bridgehead atoms. The van der Waals surface area contributed by atoms with Gasteiger partial charge in [0.2, 0.25) is 5.78 Å². The van der Waals surface area contributed by atoms with Crippen LogP contribution >= 0.6 is 0 Å². The number of carbonyl (C=O) groups is 2. The van der Waals surface area contributed by atoms with Gasteiger partial charge in [0.1, 0.15) is 6.33 Å². The van der Waals surface area contributed by atoms with E-state index in [1.165, 1.54) is 11.0 Å². The van der Waals surface area contributed by atoms with Gasteiger partial charge < -0.3 is 4.74 Å². The van der Waals surface area contributed by atoms with Crippen LogP contribution in [-0.2, 0) is 4.74 Å². The zero-order valence-corrected chi connectivity index (χ0v) is 17.1. The molecule has 7 heteroatoms. The molecule has 0 N–H and O–H groups in total. The second-order valence-electron chi connectivity index (χ2n) is 7.20. The maximum Gasteiger partial charge on any atom is 0.341 e. The molecule has 0 aliphatic carbocycles. The standard InChI is InChI=1S/C24H20N4O3/c1-16-7-11-18(12-8-16)22(29)23(19-13-9-17(2)10-14-19)31-24(30)20-5-3-4-6-21(20)28-15-25-26-27-28/h3-15,23H,1-2H3/t23-/m0/s1. The predicted octanol–water partition coefficient (Wildman–Crippen LogP) is 4.06. The lowest BCUT2D eigenvalue weighted by atomic mass is 9.98. The van der Waals surface area contributed by atoms with Crippen molar-refractivity contribution in [1.82, 2.24) is 20.2 Å². The summed E-state index contributed by atoms with van der Waals surface area (Å²) in [6.07, 6.45) is 0.304. The molecule has 4 aromatic rings. The van der Waals surface area contributed by atoms with Gasteiger partial charge >= 0.3 is 5.97 Å². The molecule has 0 spiro atoms. The van der Waals surface area contributed by atoms with Gasteiger partial charge in [0.15, 0.2) is 6.10 Å². The van der Waals surface area contributed by atoms with Crippen molar-refractivity contribution in [2.75, 3.05) is 0 Å². The molecular formula is C24H20N4O3. The molecule has 0 radical (unpaired) electrons. The van der Waals surface area contributed by atoms with Gasteiger partial charge in [-0.25, -0.2) is 4.79 Å². The number of carbonyl (C=O) groups excluding carboxylic acids is 2. The molecule has 1 heterocycles. The second-order valence-corrected chi connectivity index (χ2v) is 7.20. The Balaban J connectivity index is 1.70. The van der Waals surface area contributed by atoms with Crippen LogP contribution < -0.4 is 0 Å². The third-order valence-corrected chi connectivity index (χ3v) is 4.90. The van der Waals surface area contributed by atoms with Crippen molar-refractivity contribution in [3.8, 4) is 5.69 Å². The number of ether oxygens (including phenoxy) is 1. The van der Waals surface area contributed by atoms with E-state index in [0.29, 0.717) is 16.8 Å². The summed E-state index contributed by atoms with van der Waals surface area (Å²) in [5.41, 5.74) is 3.87. The maximum atomic E-state index is 13.3. The number of esters is 1. The molecule has 4 rings (SSSR count). The first-order chi connectivity index (χ1) is 15.0. The van der Waals surface area contributed by atoms with Gasteiger partial charge in [-0.3, -0.25) is 4.79 Å². The normalized spacial score (nSPS) is 11.7. The average molecular weight is 412 g/mol. The van der Waals surface area contributed by atoms with E-state index in [1.807, 2.05) is 38.1 Å². The fourth-order valence-electron chi connectivity index (χ4n) is 3.17. The molecule has 0 fully saturated rings. The molecule has 154 valence electrons. The first kappa shape index (κ1) is 20.2. The number of aromatic nitrogens is 4. The molecule has 3 aromatic carbocycles. The summed E-state index contributed by atoms with van der Waals surface area (Å²) >= 11 is 0. The van der Waals surface area contributed by atoms with Crippen molar-refractivity contribution in [2.24, 2.45) is 0 Å². The van der Waals surface area contributed by atoms with Crippen molar-refractivity contribution < 1.29 is 14.3 Å². The number of ketones is 1. The van der Waals surface area contributed by atoms with Crippen LogP contribution in [-0.4, -0.2) is 32.0 Å². The first-order valence-electron chi connectivity index (χ1n) is 9.74. The molecule has 7 nitrogen and oxygen atoms in total. The van der Waals surface area contributed by atoms with Crippen molar-refractivity contribution in [2.45, 2.75) is 20.0 Å². The number of rotatable bonds is 6. The summed E-state index contributed by atoms with van der Waals surface area (Å²) in [5.74, 6) is -0.936. The summed E-state index contributed by atoms with van der Waals surface area (Å²) in [6, 6.07) is 21.3. The molecule has 1 atom stereocenters. The van der Waals surface area contributed by atoms with Crippen LogP contribution in [0, 0.1) is 13.8 Å². The highest BCUT2D eigenvalue weighted by Crippen LogP contribution is 2.26. The lowest BCUT2D eigenvalue weighted by molar-refractivity contribution is 0.0280. The van der Waals surface area contributed by atoms with Crippen molar-refractivity contribution in [1.29, 1.82) is 0 Å². The molecule has 0 saturated carbocycles. The minimum absolute atomic E-state index is 0.253. The molecule has 0 amide bonds. The third-order valence-electron chi connectivity index (χ3n) is 4.90. The third kappa shape index (κ3) is 4.40. The van der Waals surface area contributed by atoms with Crippen LogP contribution in [0.5, 0.6) is 0 Å². The minimum atomic E-state index is -1.09.